The van der Waals surface area contributed by atoms with Crippen molar-refractivity contribution in [1.29, 1.82) is 0 Å². The van der Waals surface area contributed by atoms with Crippen molar-refractivity contribution in [2.45, 2.75) is 50.6 Å². The molecule has 1 amide bonds. The molecule has 5 heteroatoms. The predicted octanol–water partition coefficient (Wildman–Crippen LogP) is 0.579. The van der Waals surface area contributed by atoms with Gasteiger partial charge in [-0.05, 0) is 31.6 Å². The minimum absolute atomic E-state index is 0.177. The number of amides is 1. The Labute approximate surface area is 101 Å². The fourth-order valence-corrected chi connectivity index (χ4v) is 3.22. The van der Waals surface area contributed by atoms with Crippen LogP contribution in [0.1, 0.15) is 38.5 Å². The lowest BCUT2D eigenvalue weighted by molar-refractivity contribution is -0.144. The Balaban J connectivity index is 2.00. The van der Waals surface area contributed by atoms with Crippen LogP contribution in [0.15, 0.2) is 0 Å². The summed E-state index contributed by atoms with van der Waals surface area (Å²) in [6, 6.07) is -0.567. The van der Waals surface area contributed by atoms with E-state index in [9.17, 15) is 9.59 Å². The lowest BCUT2D eigenvalue weighted by Gasteiger charge is -2.38. The molecule has 3 unspecified atom stereocenters. The molecule has 3 atom stereocenters. The number of fused-ring (bicyclic) bond motifs is 1. The highest BCUT2D eigenvalue weighted by atomic mass is 16.4. The smallest absolute Gasteiger partial charge is 0.305 e. The molecule has 3 N–H and O–H groups in total. The quantitative estimate of drug-likeness (QED) is 0.755. The summed E-state index contributed by atoms with van der Waals surface area (Å²) in [7, 11) is 0. The van der Waals surface area contributed by atoms with Gasteiger partial charge in [0.2, 0.25) is 5.91 Å². The van der Waals surface area contributed by atoms with Crippen LogP contribution in [0.2, 0.25) is 0 Å². The summed E-state index contributed by atoms with van der Waals surface area (Å²) < 4.78 is 0. The number of aliphatic carboxylic acids is 1. The summed E-state index contributed by atoms with van der Waals surface area (Å²) in [6.45, 7) is 0.743. The maximum atomic E-state index is 12.1. The number of carboxylic acids is 1. The van der Waals surface area contributed by atoms with Gasteiger partial charge in [-0.15, -0.1) is 0 Å². The van der Waals surface area contributed by atoms with E-state index in [0.717, 1.165) is 19.4 Å². The highest BCUT2D eigenvalue weighted by Crippen LogP contribution is 2.36. The van der Waals surface area contributed by atoms with E-state index < -0.39 is 12.0 Å². The van der Waals surface area contributed by atoms with Crippen LogP contribution < -0.4 is 5.73 Å². The fourth-order valence-electron chi connectivity index (χ4n) is 3.22. The first-order valence-electron chi connectivity index (χ1n) is 6.37. The van der Waals surface area contributed by atoms with Crippen LogP contribution in [0, 0.1) is 5.92 Å². The summed E-state index contributed by atoms with van der Waals surface area (Å²) in [4.78, 5) is 24.5. The monoisotopic (exact) mass is 240 g/mol. The van der Waals surface area contributed by atoms with Crippen LogP contribution in [-0.2, 0) is 9.59 Å². The Hall–Kier alpha value is -1.10. The fraction of sp³-hybridized carbons (Fsp3) is 0.833. The van der Waals surface area contributed by atoms with Gasteiger partial charge in [-0.25, -0.2) is 0 Å². The van der Waals surface area contributed by atoms with Crippen molar-refractivity contribution in [3.63, 3.8) is 0 Å². The molecule has 1 aliphatic heterocycles. The van der Waals surface area contributed by atoms with Gasteiger partial charge in [0.05, 0.1) is 12.5 Å². The third-order valence-electron chi connectivity index (χ3n) is 3.99. The van der Waals surface area contributed by atoms with Crippen molar-refractivity contribution in [2.24, 2.45) is 11.7 Å². The van der Waals surface area contributed by atoms with E-state index in [1.54, 1.807) is 0 Å². The topological polar surface area (TPSA) is 83.6 Å². The van der Waals surface area contributed by atoms with E-state index in [4.69, 9.17) is 10.8 Å². The van der Waals surface area contributed by atoms with Gasteiger partial charge in [0.25, 0.3) is 0 Å². The Bertz CT molecular complexity index is 319. The number of carbonyl (C=O) groups excluding carboxylic acids is 1. The van der Waals surface area contributed by atoms with Gasteiger partial charge in [0.15, 0.2) is 0 Å². The second-order valence-electron chi connectivity index (χ2n) is 5.14. The zero-order valence-electron chi connectivity index (χ0n) is 9.97. The Morgan fingerprint density at radius 2 is 2.00 bits per heavy atom. The van der Waals surface area contributed by atoms with Crippen LogP contribution in [-0.4, -0.2) is 40.5 Å². The second-order valence-corrected chi connectivity index (χ2v) is 5.14. The molecule has 1 aliphatic carbocycles. The number of hydrogen-bond donors (Lipinski definition) is 2. The number of carboxylic acid groups (broad SMARTS) is 1. The van der Waals surface area contributed by atoms with Crippen molar-refractivity contribution in [3.8, 4) is 0 Å². The molecular weight excluding hydrogens is 220 g/mol. The Morgan fingerprint density at radius 3 is 2.71 bits per heavy atom. The molecule has 5 nitrogen and oxygen atoms in total. The molecule has 2 rings (SSSR count). The van der Waals surface area contributed by atoms with Crippen LogP contribution in [0.4, 0.5) is 0 Å². The molecule has 1 heterocycles. The molecule has 1 saturated heterocycles. The van der Waals surface area contributed by atoms with Gasteiger partial charge >= 0.3 is 5.97 Å². The second kappa shape index (κ2) is 5.04. The van der Waals surface area contributed by atoms with Crippen LogP contribution >= 0.6 is 0 Å². The molecule has 0 spiro atoms. The zero-order valence-corrected chi connectivity index (χ0v) is 9.97. The average molecular weight is 240 g/mol. The summed E-state index contributed by atoms with van der Waals surface area (Å²) in [5.41, 5.74) is 5.66. The van der Waals surface area contributed by atoms with Crippen molar-refractivity contribution < 1.29 is 14.7 Å². The molecular formula is C12H20N2O3. The van der Waals surface area contributed by atoms with E-state index in [1.807, 2.05) is 4.90 Å². The third-order valence-corrected chi connectivity index (χ3v) is 3.99. The SMILES string of the molecule is NC(CC(=O)O)C(=O)N1CCCC2CCCC21. The molecule has 0 bridgehead atoms. The summed E-state index contributed by atoms with van der Waals surface area (Å²) >= 11 is 0. The minimum atomic E-state index is -1.01. The Kier molecular flexibility index (Phi) is 3.66. The molecule has 0 radical (unpaired) electrons. The lowest BCUT2D eigenvalue weighted by atomic mass is 9.91. The predicted molar refractivity (Wildman–Crippen MR) is 62.3 cm³/mol. The Morgan fingerprint density at radius 1 is 1.29 bits per heavy atom. The summed E-state index contributed by atoms with van der Waals surface area (Å²) in [6.07, 6.45) is 5.37. The van der Waals surface area contributed by atoms with Crippen LogP contribution in [0.25, 0.3) is 0 Å². The number of hydrogen-bond acceptors (Lipinski definition) is 3. The van der Waals surface area contributed by atoms with E-state index in [-0.39, 0.29) is 12.3 Å². The zero-order chi connectivity index (χ0) is 12.4. The van der Waals surface area contributed by atoms with E-state index in [2.05, 4.69) is 0 Å². The minimum Gasteiger partial charge on any atom is -0.481 e. The van der Waals surface area contributed by atoms with E-state index >= 15 is 0 Å². The molecule has 0 aromatic rings. The van der Waals surface area contributed by atoms with E-state index in [0.29, 0.717) is 12.0 Å². The first-order valence-corrected chi connectivity index (χ1v) is 6.37. The highest BCUT2D eigenvalue weighted by molar-refractivity contribution is 5.86. The van der Waals surface area contributed by atoms with Crippen molar-refractivity contribution in [1.82, 2.24) is 4.90 Å². The summed E-state index contributed by atoms with van der Waals surface area (Å²) in [5.74, 6) is -0.570. The number of rotatable bonds is 3. The number of nitrogens with zero attached hydrogens (tertiary/aromatic N) is 1. The average Bonchev–Trinajstić information content (AvgIpc) is 2.74. The molecule has 2 fully saturated rings. The molecule has 17 heavy (non-hydrogen) atoms. The number of likely N-dealkylation sites (tertiary alicyclic amines) is 1. The highest BCUT2D eigenvalue weighted by Gasteiger charge is 2.38. The molecule has 96 valence electrons. The maximum Gasteiger partial charge on any atom is 0.305 e. The van der Waals surface area contributed by atoms with Gasteiger partial charge in [-0.3, -0.25) is 9.59 Å². The largest absolute Gasteiger partial charge is 0.481 e. The third kappa shape index (κ3) is 2.60. The first-order chi connectivity index (χ1) is 8.09. The lowest BCUT2D eigenvalue weighted by Crippen LogP contribution is -2.52. The van der Waals surface area contributed by atoms with Crippen LogP contribution in [0.5, 0.6) is 0 Å². The number of nitrogens with two attached hydrogens (primary N) is 1. The van der Waals surface area contributed by atoms with Crippen molar-refractivity contribution in [2.75, 3.05) is 6.54 Å². The number of piperidine rings is 1. The standard InChI is InChI=1S/C12H20N2O3/c13-9(7-11(15)16)12(17)14-6-2-4-8-3-1-5-10(8)14/h8-10H,1-7,13H2,(H,15,16). The normalized spacial score (nSPS) is 29.8. The van der Waals surface area contributed by atoms with E-state index in [1.165, 1.54) is 19.3 Å². The van der Waals surface area contributed by atoms with Crippen molar-refractivity contribution >= 4 is 11.9 Å². The van der Waals surface area contributed by atoms with Crippen molar-refractivity contribution in [3.05, 3.63) is 0 Å². The molecule has 1 saturated carbocycles. The van der Waals surface area contributed by atoms with Gasteiger partial charge in [-0.1, -0.05) is 6.42 Å². The molecule has 0 aromatic carbocycles. The van der Waals surface area contributed by atoms with Gasteiger partial charge < -0.3 is 15.7 Å². The van der Waals surface area contributed by atoms with Gasteiger partial charge in [0.1, 0.15) is 0 Å². The maximum absolute atomic E-state index is 12.1. The molecule has 2 aliphatic rings. The number of carbonyl (C=O) groups is 2. The van der Waals surface area contributed by atoms with Gasteiger partial charge in [-0.2, -0.15) is 0 Å². The van der Waals surface area contributed by atoms with Crippen LogP contribution in [0.3, 0.4) is 0 Å². The molecule has 0 aromatic heterocycles. The van der Waals surface area contributed by atoms with Gasteiger partial charge in [0, 0.05) is 12.6 Å². The summed E-state index contributed by atoms with van der Waals surface area (Å²) in [5, 5.41) is 8.67. The first kappa shape index (κ1) is 12.4.